The molecule has 0 bridgehead atoms. The van der Waals surface area contributed by atoms with Crippen LogP contribution in [0.15, 0.2) is 0 Å². The zero-order valence-corrected chi connectivity index (χ0v) is 16.9. The predicted octanol–water partition coefficient (Wildman–Crippen LogP) is 5.54. The van der Waals surface area contributed by atoms with E-state index in [4.69, 9.17) is 4.74 Å². The summed E-state index contributed by atoms with van der Waals surface area (Å²) in [7, 11) is 1.63. The van der Waals surface area contributed by atoms with Crippen molar-refractivity contribution >= 4 is 11.9 Å². The molecule has 4 nitrogen and oxygen atoms in total. The second-order valence-electron chi connectivity index (χ2n) is 7.06. The fourth-order valence-corrected chi connectivity index (χ4v) is 2.96. The van der Waals surface area contributed by atoms with Crippen molar-refractivity contribution in [1.82, 2.24) is 5.32 Å². The predicted molar refractivity (Wildman–Crippen MR) is 105 cm³/mol. The maximum Gasteiger partial charge on any atom is 0.306 e. The highest BCUT2D eigenvalue weighted by molar-refractivity contribution is 5.76. The molecule has 0 aliphatic rings. The standard InChI is InChI=1S/C21H41NO3/c1-4-6-8-9-10-11-12-13-15-16-19(18-20(23)22-3)25-21(24)17-14-7-5-2/h19H,4-18H2,1-3H3,(H,22,23)/t19-/m1/s1. The maximum absolute atomic E-state index is 11.9. The summed E-state index contributed by atoms with van der Waals surface area (Å²) >= 11 is 0. The zero-order valence-electron chi connectivity index (χ0n) is 16.9. The number of hydrogen-bond donors (Lipinski definition) is 1. The Hall–Kier alpha value is -1.06. The Balaban J connectivity index is 3.90. The summed E-state index contributed by atoms with van der Waals surface area (Å²) in [6.07, 6.45) is 15.7. The second-order valence-corrected chi connectivity index (χ2v) is 7.06. The number of nitrogens with one attached hydrogen (secondary N) is 1. The van der Waals surface area contributed by atoms with E-state index in [0.29, 0.717) is 6.42 Å². The van der Waals surface area contributed by atoms with Gasteiger partial charge in [-0.05, 0) is 19.3 Å². The van der Waals surface area contributed by atoms with E-state index in [2.05, 4.69) is 19.2 Å². The number of unbranched alkanes of at least 4 members (excludes halogenated alkanes) is 10. The fourth-order valence-electron chi connectivity index (χ4n) is 2.96. The first-order chi connectivity index (χ1) is 12.1. The lowest BCUT2D eigenvalue weighted by molar-refractivity contribution is -0.150. The molecule has 0 unspecified atom stereocenters. The Kier molecular flexibility index (Phi) is 17.0. The molecule has 0 rings (SSSR count). The molecule has 0 saturated heterocycles. The van der Waals surface area contributed by atoms with Crippen LogP contribution >= 0.6 is 0 Å². The molecule has 1 amide bonds. The summed E-state index contributed by atoms with van der Waals surface area (Å²) in [5, 5.41) is 2.63. The van der Waals surface area contributed by atoms with Gasteiger partial charge in [-0.2, -0.15) is 0 Å². The van der Waals surface area contributed by atoms with Gasteiger partial charge in [0.15, 0.2) is 0 Å². The maximum atomic E-state index is 11.9. The Labute approximate surface area is 155 Å². The Morgan fingerprint density at radius 1 is 0.800 bits per heavy atom. The van der Waals surface area contributed by atoms with Crippen LogP contribution in [-0.2, 0) is 14.3 Å². The van der Waals surface area contributed by atoms with Gasteiger partial charge in [0.25, 0.3) is 0 Å². The van der Waals surface area contributed by atoms with Crippen molar-refractivity contribution < 1.29 is 14.3 Å². The molecule has 0 radical (unpaired) electrons. The molecule has 0 heterocycles. The summed E-state index contributed by atoms with van der Waals surface area (Å²) in [4.78, 5) is 23.5. The van der Waals surface area contributed by atoms with Gasteiger partial charge >= 0.3 is 5.97 Å². The van der Waals surface area contributed by atoms with Crippen LogP contribution < -0.4 is 5.32 Å². The van der Waals surface area contributed by atoms with Gasteiger partial charge in [0, 0.05) is 13.5 Å². The van der Waals surface area contributed by atoms with E-state index in [1.54, 1.807) is 7.05 Å². The van der Waals surface area contributed by atoms with Gasteiger partial charge < -0.3 is 10.1 Å². The molecule has 0 saturated carbocycles. The number of hydrogen-bond acceptors (Lipinski definition) is 3. The van der Waals surface area contributed by atoms with E-state index in [9.17, 15) is 9.59 Å². The largest absolute Gasteiger partial charge is 0.462 e. The SMILES string of the molecule is CCCCCCCCCCC[C@H](CC(=O)NC)OC(=O)CCCCC. The summed E-state index contributed by atoms with van der Waals surface area (Å²) < 4.78 is 5.54. The highest BCUT2D eigenvalue weighted by atomic mass is 16.5. The molecule has 0 spiro atoms. The van der Waals surface area contributed by atoms with E-state index in [-0.39, 0.29) is 24.4 Å². The third kappa shape index (κ3) is 16.2. The summed E-state index contributed by atoms with van der Waals surface area (Å²) in [6.45, 7) is 4.36. The molecule has 0 aliphatic heterocycles. The highest BCUT2D eigenvalue weighted by Gasteiger charge is 2.17. The van der Waals surface area contributed by atoms with Crippen molar-refractivity contribution in [3.63, 3.8) is 0 Å². The highest BCUT2D eigenvalue weighted by Crippen LogP contribution is 2.15. The lowest BCUT2D eigenvalue weighted by atomic mass is 10.0. The van der Waals surface area contributed by atoms with Crippen LogP contribution in [0, 0.1) is 0 Å². The van der Waals surface area contributed by atoms with Gasteiger partial charge in [-0.25, -0.2) is 0 Å². The molecule has 0 aromatic heterocycles. The molecule has 148 valence electrons. The molecule has 1 atom stereocenters. The van der Waals surface area contributed by atoms with Gasteiger partial charge in [0.2, 0.25) is 5.91 Å². The van der Waals surface area contributed by atoms with Crippen molar-refractivity contribution in [3.05, 3.63) is 0 Å². The van der Waals surface area contributed by atoms with Crippen LogP contribution in [0.3, 0.4) is 0 Å². The minimum Gasteiger partial charge on any atom is -0.462 e. The molecular weight excluding hydrogens is 314 g/mol. The molecule has 0 aliphatic carbocycles. The van der Waals surface area contributed by atoms with Crippen molar-refractivity contribution in [2.75, 3.05) is 7.05 Å². The molecule has 0 aromatic carbocycles. The Morgan fingerprint density at radius 3 is 1.88 bits per heavy atom. The second kappa shape index (κ2) is 17.8. The third-order valence-corrected chi connectivity index (χ3v) is 4.60. The summed E-state index contributed by atoms with van der Waals surface area (Å²) in [5.74, 6) is -0.208. The molecule has 0 aromatic rings. The lowest BCUT2D eigenvalue weighted by Crippen LogP contribution is -2.27. The number of esters is 1. The smallest absolute Gasteiger partial charge is 0.306 e. The number of carbonyl (C=O) groups is 2. The minimum atomic E-state index is -0.265. The lowest BCUT2D eigenvalue weighted by Gasteiger charge is -2.17. The molecular formula is C21H41NO3. The number of carbonyl (C=O) groups excluding carboxylic acids is 2. The number of rotatable bonds is 17. The van der Waals surface area contributed by atoms with Gasteiger partial charge in [0.05, 0.1) is 6.42 Å². The first-order valence-corrected chi connectivity index (χ1v) is 10.5. The average molecular weight is 356 g/mol. The van der Waals surface area contributed by atoms with E-state index in [0.717, 1.165) is 38.5 Å². The average Bonchev–Trinajstić information content (AvgIpc) is 2.60. The van der Waals surface area contributed by atoms with Crippen LogP contribution in [0.1, 0.15) is 110 Å². The van der Waals surface area contributed by atoms with Gasteiger partial charge in [-0.1, -0.05) is 78.1 Å². The molecule has 25 heavy (non-hydrogen) atoms. The summed E-state index contributed by atoms with van der Waals surface area (Å²) in [6, 6.07) is 0. The van der Waals surface area contributed by atoms with Gasteiger partial charge in [-0.3, -0.25) is 9.59 Å². The van der Waals surface area contributed by atoms with Crippen LogP contribution in [0.25, 0.3) is 0 Å². The van der Waals surface area contributed by atoms with E-state index in [1.165, 1.54) is 44.9 Å². The first-order valence-electron chi connectivity index (χ1n) is 10.5. The van der Waals surface area contributed by atoms with Crippen molar-refractivity contribution in [3.8, 4) is 0 Å². The number of ether oxygens (including phenoxy) is 1. The van der Waals surface area contributed by atoms with Crippen molar-refractivity contribution in [2.24, 2.45) is 0 Å². The van der Waals surface area contributed by atoms with Gasteiger partial charge in [0.1, 0.15) is 6.10 Å². The monoisotopic (exact) mass is 355 g/mol. The van der Waals surface area contributed by atoms with E-state index < -0.39 is 0 Å². The third-order valence-electron chi connectivity index (χ3n) is 4.60. The summed E-state index contributed by atoms with van der Waals surface area (Å²) in [5.41, 5.74) is 0. The minimum absolute atomic E-state index is 0.0534. The quantitative estimate of drug-likeness (QED) is 0.275. The van der Waals surface area contributed by atoms with Gasteiger partial charge in [-0.15, -0.1) is 0 Å². The van der Waals surface area contributed by atoms with Crippen molar-refractivity contribution in [2.45, 2.75) is 116 Å². The van der Waals surface area contributed by atoms with Crippen LogP contribution in [0.5, 0.6) is 0 Å². The van der Waals surface area contributed by atoms with E-state index in [1.807, 2.05) is 0 Å². The molecule has 4 heteroatoms. The van der Waals surface area contributed by atoms with Crippen LogP contribution in [0.2, 0.25) is 0 Å². The normalized spacial score (nSPS) is 12.0. The molecule has 1 N–H and O–H groups in total. The van der Waals surface area contributed by atoms with E-state index >= 15 is 0 Å². The Morgan fingerprint density at radius 2 is 1.32 bits per heavy atom. The molecule has 0 fully saturated rings. The van der Waals surface area contributed by atoms with Crippen LogP contribution in [-0.4, -0.2) is 25.0 Å². The fraction of sp³-hybridized carbons (Fsp3) is 0.905. The number of amides is 1. The van der Waals surface area contributed by atoms with Crippen LogP contribution in [0.4, 0.5) is 0 Å². The zero-order chi connectivity index (χ0) is 18.8. The topological polar surface area (TPSA) is 55.4 Å². The first kappa shape index (κ1) is 23.9. The van der Waals surface area contributed by atoms with Crippen molar-refractivity contribution in [1.29, 1.82) is 0 Å². The Bertz CT molecular complexity index is 331.